The van der Waals surface area contributed by atoms with Gasteiger partial charge in [0.15, 0.2) is 0 Å². The Balaban J connectivity index is 2.93. The third-order valence-corrected chi connectivity index (χ3v) is 2.24. The van der Waals surface area contributed by atoms with Crippen molar-refractivity contribution in [3.05, 3.63) is 28.1 Å². The van der Waals surface area contributed by atoms with Gasteiger partial charge in [-0.2, -0.15) is 13.2 Å². The number of anilines is 1. The second kappa shape index (κ2) is 6.32. The van der Waals surface area contributed by atoms with E-state index in [1.807, 2.05) is 6.92 Å². The Labute approximate surface area is 107 Å². The molecule has 19 heavy (non-hydrogen) atoms. The standard InChI is InChI=1S/C10H13F3N4O2/c1-2-14-3-4-15-7-5-9(10(11,12)13)16-6-8(7)17(18)19/h5-6,14H,2-4H2,1H3,(H,15,16). The first-order valence-corrected chi connectivity index (χ1v) is 5.52. The quantitative estimate of drug-likeness (QED) is 0.473. The summed E-state index contributed by atoms with van der Waals surface area (Å²) in [6.45, 7) is 3.33. The highest BCUT2D eigenvalue weighted by molar-refractivity contribution is 5.61. The van der Waals surface area contributed by atoms with Crippen LogP contribution in [0.3, 0.4) is 0 Å². The van der Waals surface area contributed by atoms with E-state index in [9.17, 15) is 23.3 Å². The van der Waals surface area contributed by atoms with Crippen LogP contribution in [0.1, 0.15) is 12.6 Å². The van der Waals surface area contributed by atoms with E-state index in [-0.39, 0.29) is 12.2 Å². The van der Waals surface area contributed by atoms with E-state index >= 15 is 0 Å². The predicted octanol–water partition coefficient (Wildman–Crippen LogP) is 2.03. The molecule has 2 N–H and O–H groups in total. The minimum atomic E-state index is -4.63. The molecular formula is C10H13F3N4O2. The fourth-order valence-electron chi connectivity index (χ4n) is 1.35. The molecule has 0 aromatic carbocycles. The third kappa shape index (κ3) is 4.36. The summed E-state index contributed by atoms with van der Waals surface area (Å²) in [4.78, 5) is 13.0. The third-order valence-electron chi connectivity index (χ3n) is 2.24. The van der Waals surface area contributed by atoms with Crippen LogP contribution >= 0.6 is 0 Å². The van der Waals surface area contributed by atoms with E-state index in [2.05, 4.69) is 15.6 Å². The van der Waals surface area contributed by atoms with E-state index in [1.165, 1.54) is 0 Å². The lowest BCUT2D eigenvalue weighted by Crippen LogP contribution is -2.22. The summed E-state index contributed by atoms with van der Waals surface area (Å²) in [5, 5.41) is 16.2. The average Bonchev–Trinajstić information content (AvgIpc) is 2.33. The molecule has 1 heterocycles. The summed E-state index contributed by atoms with van der Waals surface area (Å²) in [7, 11) is 0. The molecular weight excluding hydrogens is 265 g/mol. The van der Waals surface area contributed by atoms with Crippen molar-refractivity contribution in [2.45, 2.75) is 13.1 Å². The average molecular weight is 278 g/mol. The van der Waals surface area contributed by atoms with Crippen molar-refractivity contribution >= 4 is 11.4 Å². The second-order valence-corrected chi connectivity index (χ2v) is 3.62. The molecule has 106 valence electrons. The van der Waals surface area contributed by atoms with E-state index < -0.39 is 22.5 Å². The van der Waals surface area contributed by atoms with Crippen LogP contribution in [0.25, 0.3) is 0 Å². The zero-order chi connectivity index (χ0) is 14.5. The Hall–Kier alpha value is -1.90. The SMILES string of the molecule is CCNCCNc1cc(C(F)(F)F)ncc1[N+](=O)[O-]. The molecule has 0 aliphatic carbocycles. The number of nitrogens with one attached hydrogen (secondary N) is 2. The van der Waals surface area contributed by atoms with Crippen molar-refractivity contribution in [1.82, 2.24) is 10.3 Å². The highest BCUT2D eigenvalue weighted by Crippen LogP contribution is 2.32. The smallest absolute Gasteiger partial charge is 0.378 e. The van der Waals surface area contributed by atoms with Gasteiger partial charge in [-0.25, -0.2) is 4.98 Å². The number of aromatic nitrogens is 1. The summed E-state index contributed by atoms with van der Waals surface area (Å²) >= 11 is 0. The van der Waals surface area contributed by atoms with Gasteiger partial charge in [0, 0.05) is 13.1 Å². The molecule has 0 atom stereocenters. The summed E-state index contributed by atoms with van der Waals surface area (Å²) in [5.74, 6) is 0. The number of nitro groups is 1. The fraction of sp³-hybridized carbons (Fsp3) is 0.500. The fourth-order valence-corrected chi connectivity index (χ4v) is 1.35. The Bertz CT molecular complexity index is 451. The lowest BCUT2D eigenvalue weighted by Gasteiger charge is -2.10. The van der Waals surface area contributed by atoms with Gasteiger partial charge in [-0.05, 0) is 12.6 Å². The van der Waals surface area contributed by atoms with E-state index in [0.29, 0.717) is 25.4 Å². The Morgan fingerprint density at radius 2 is 2.11 bits per heavy atom. The van der Waals surface area contributed by atoms with Crippen LogP contribution in [0, 0.1) is 10.1 Å². The molecule has 0 unspecified atom stereocenters. The second-order valence-electron chi connectivity index (χ2n) is 3.62. The predicted molar refractivity (Wildman–Crippen MR) is 62.9 cm³/mol. The van der Waals surface area contributed by atoms with Crippen LogP contribution in [0.2, 0.25) is 0 Å². The summed E-state index contributed by atoms with van der Waals surface area (Å²) in [6.07, 6.45) is -4.02. The minimum Gasteiger partial charge on any atom is -0.378 e. The van der Waals surface area contributed by atoms with Crippen LogP contribution < -0.4 is 10.6 Å². The summed E-state index contributed by atoms with van der Waals surface area (Å²) in [5.41, 5.74) is -1.83. The maximum Gasteiger partial charge on any atom is 0.433 e. The van der Waals surface area contributed by atoms with Crippen molar-refractivity contribution in [2.24, 2.45) is 0 Å². The van der Waals surface area contributed by atoms with Gasteiger partial charge in [0.2, 0.25) is 0 Å². The highest BCUT2D eigenvalue weighted by atomic mass is 19.4. The maximum atomic E-state index is 12.5. The van der Waals surface area contributed by atoms with E-state index in [4.69, 9.17) is 0 Å². The number of rotatable bonds is 6. The zero-order valence-corrected chi connectivity index (χ0v) is 10.1. The molecule has 0 aliphatic rings. The van der Waals surface area contributed by atoms with Gasteiger partial charge in [-0.1, -0.05) is 6.92 Å². The number of nitrogens with zero attached hydrogens (tertiary/aromatic N) is 2. The van der Waals surface area contributed by atoms with Crippen molar-refractivity contribution in [1.29, 1.82) is 0 Å². The van der Waals surface area contributed by atoms with Crippen molar-refractivity contribution in [3.63, 3.8) is 0 Å². The molecule has 0 bridgehead atoms. The lowest BCUT2D eigenvalue weighted by molar-refractivity contribution is -0.384. The molecule has 0 saturated carbocycles. The van der Waals surface area contributed by atoms with E-state index in [1.54, 1.807) is 0 Å². The molecule has 1 rings (SSSR count). The molecule has 0 spiro atoms. The molecule has 0 amide bonds. The van der Waals surface area contributed by atoms with Gasteiger partial charge in [0.25, 0.3) is 0 Å². The Morgan fingerprint density at radius 1 is 1.42 bits per heavy atom. The lowest BCUT2D eigenvalue weighted by atomic mass is 10.2. The minimum absolute atomic E-state index is 0.190. The topological polar surface area (TPSA) is 80.1 Å². The largest absolute Gasteiger partial charge is 0.433 e. The number of hydrogen-bond donors (Lipinski definition) is 2. The molecule has 6 nitrogen and oxygen atoms in total. The zero-order valence-electron chi connectivity index (χ0n) is 10.1. The summed E-state index contributed by atoms with van der Waals surface area (Å²) in [6, 6.07) is 0.643. The van der Waals surface area contributed by atoms with Gasteiger partial charge < -0.3 is 10.6 Å². The van der Waals surface area contributed by atoms with Crippen molar-refractivity contribution in [2.75, 3.05) is 25.0 Å². The van der Waals surface area contributed by atoms with Gasteiger partial charge in [0.05, 0.1) is 4.92 Å². The Kier molecular flexibility index (Phi) is 5.04. The number of likely N-dealkylation sites (N-methyl/N-ethyl adjacent to an activating group) is 1. The van der Waals surface area contributed by atoms with Gasteiger partial charge in [-0.15, -0.1) is 0 Å². The van der Waals surface area contributed by atoms with Crippen LogP contribution in [0.15, 0.2) is 12.3 Å². The molecule has 0 aliphatic heterocycles. The number of hydrogen-bond acceptors (Lipinski definition) is 5. The van der Waals surface area contributed by atoms with Crippen LogP contribution in [-0.2, 0) is 6.18 Å². The molecule has 1 aromatic rings. The molecule has 0 saturated heterocycles. The van der Waals surface area contributed by atoms with Crippen LogP contribution in [-0.4, -0.2) is 29.5 Å². The number of halogens is 3. The van der Waals surface area contributed by atoms with Gasteiger partial charge >= 0.3 is 11.9 Å². The first kappa shape index (κ1) is 15.2. The monoisotopic (exact) mass is 278 g/mol. The van der Waals surface area contributed by atoms with Crippen molar-refractivity contribution in [3.8, 4) is 0 Å². The van der Waals surface area contributed by atoms with E-state index in [0.717, 1.165) is 0 Å². The Morgan fingerprint density at radius 3 is 2.63 bits per heavy atom. The van der Waals surface area contributed by atoms with Crippen LogP contribution in [0.4, 0.5) is 24.5 Å². The normalized spacial score (nSPS) is 11.4. The molecule has 0 radical (unpaired) electrons. The molecule has 9 heteroatoms. The van der Waals surface area contributed by atoms with Gasteiger partial charge in [0.1, 0.15) is 17.6 Å². The first-order chi connectivity index (χ1) is 8.86. The molecule has 1 aromatic heterocycles. The summed E-state index contributed by atoms with van der Waals surface area (Å²) < 4.78 is 37.4. The number of pyridine rings is 1. The van der Waals surface area contributed by atoms with Crippen molar-refractivity contribution < 1.29 is 18.1 Å². The van der Waals surface area contributed by atoms with Gasteiger partial charge in [-0.3, -0.25) is 10.1 Å². The molecule has 0 fully saturated rings. The highest BCUT2D eigenvalue weighted by Gasteiger charge is 2.34. The maximum absolute atomic E-state index is 12.5. The van der Waals surface area contributed by atoms with Crippen LogP contribution in [0.5, 0.6) is 0 Å². The number of alkyl halides is 3. The first-order valence-electron chi connectivity index (χ1n) is 5.52.